The number of hydrogen-bond donors (Lipinski definition) is 0. The molecule has 22 heavy (non-hydrogen) atoms. The van der Waals surface area contributed by atoms with Crippen LogP contribution in [0, 0.1) is 23.4 Å². The average molecular weight is 314 g/mol. The van der Waals surface area contributed by atoms with Crippen molar-refractivity contribution >= 4 is 11.8 Å². The van der Waals surface area contributed by atoms with Crippen molar-refractivity contribution in [3.05, 3.63) is 35.1 Å². The van der Waals surface area contributed by atoms with Crippen LogP contribution in [0.25, 0.3) is 0 Å². The van der Waals surface area contributed by atoms with Crippen LogP contribution in [0.15, 0.2) is 12.1 Å². The fraction of sp³-hybridized carbons (Fsp3) is 0.500. The number of benzene rings is 1. The summed E-state index contributed by atoms with van der Waals surface area (Å²) in [7, 11) is 0. The summed E-state index contributed by atoms with van der Waals surface area (Å²) in [5.74, 6) is -5.60. The van der Waals surface area contributed by atoms with E-state index < -0.39 is 35.3 Å². The van der Waals surface area contributed by atoms with E-state index in [-0.39, 0.29) is 30.8 Å². The Kier molecular flexibility index (Phi) is 5.21. The molecule has 0 unspecified atom stereocenters. The predicted molar refractivity (Wildman–Crippen MR) is 72.7 cm³/mol. The third kappa shape index (κ3) is 3.48. The number of rotatable bonds is 4. The number of halogens is 3. The summed E-state index contributed by atoms with van der Waals surface area (Å²) in [6, 6.07) is 1.16. The van der Waals surface area contributed by atoms with Gasteiger partial charge in [0, 0.05) is 30.4 Å². The molecular weight excluding hydrogens is 297 g/mol. The van der Waals surface area contributed by atoms with Crippen molar-refractivity contribution in [3.63, 3.8) is 0 Å². The van der Waals surface area contributed by atoms with E-state index in [0.717, 1.165) is 6.07 Å². The fourth-order valence-corrected chi connectivity index (χ4v) is 2.98. The first-order valence-electron chi connectivity index (χ1n) is 7.26. The topological polar surface area (TPSA) is 43.4 Å². The third-order valence-corrected chi connectivity index (χ3v) is 3.93. The van der Waals surface area contributed by atoms with Gasteiger partial charge in [-0.2, -0.15) is 0 Å². The quantitative estimate of drug-likeness (QED) is 0.631. The van der Waals surface area contributed by atoms with Gasteiger partial charge in [-0.1, -0.05) is 0 Å². The zero-order valence-corrected chi connectivity index (χ0v) is 12.2. The lowest BCUT2D eigenvalue weighted by molar-refractivity contribution is -0.145. The predicted octanol–water partition coefficient (Wildman–Crippen LogP) is 3.51. The van der Waals surface area contributed by atoms with Gasteiger partial charge in [0.2, 0.25) is 0 Å². The smallest absolute Gasteiger partial charge is 0.306 e. The molecule has 0 amide bonds. The van der Waals surface area contributed by atoms with Crippen LogP contribution < -0.4 is 0 Å². The Morgan fingerprint density at radius 1 is 1.23 bits per heavy atom. The molecule has 1 aliphatic carbocycles. The number of carbonyl (C=O) groups is 2. The minimum atomic E-state index is -1.30. The lowest BCUT2D eigenvalue weighted by Gasteiger charge is -2.30. The van der Waals surface area contributed by atoms with Gasteiger partial charge >= 0.3 is 5.97 Å². The molecule has 1 saturated carbocycles. The number of Topliss-reactive ketones (excluding diaryl/α,β-unsaturated/α-hetero) is 1. The molecule has 0 bridgehead atoms. The van der Waals surface area contributed by atoms with Gasteiger partial charge in [0.1, 0.15) is 11.6 Å². The zero-order valence-electron chi connectivity index (χ0n) is 12.2. The van der Waals surface area contributed by atoms with Gasteiger partial charge in [-0.15, -0.1) is 0 Å². The van der Waals surface area contributed by atoms with Crippen LogP contribution in [-0.2, 0) is 14.3 Å². The Bertz CT molecular complexity index is 586. The second-order valence-corrected chi connectivity index (χ2v) is 5.39. The summed E-state index contributed by atoms with van der Waals surface area (Å²) in [5, 5.41) is 0. The zero-order chi connectivity index (χ0) is 16.3. The summed E-state index contributed by atoms with van der Waals surface area (Å²) in [6.45, 7) is 1.88. The molecule has 6 heteroatoms. The average Bonchev–Trinajstić information content (AvgIpc) is 2.44. The molecule has 1 fully saturated rings. The van der Waals surface area contributed by atoms with E-state index in [0.29, 0.717) is 18.9 Å². The third-order valence-electron chi connectivity index (χ3n) is 3.93. The Labute approximate surface area is 126 Å². The van der Waals surface area contributed by atoms with Crippen LogP contribution in [0.2, 0.25) is 0 Å². The lowest BCUT2D eigenvalue weighted by Crippen LogP contribution is -2.29. The second kappa shape index (κ2) is 6.94. The van der Waals surface area contributed by atoms with E-state index in [2.05, 4.69) is 0 Å². The standard InChI is InChI=1S/C16H17F3O3/c1-2-22-15(21)6-9-4-3-5-14(20)16(9)10-7-12(18)13(19)8-11(10)17/h7-9,16H,2-6H2,1H3/t9-,16+/m1/s1. The fourth-order valence-electron chi connectivity index (χ4n) is 2.98. The van der Waals surface area contributed by atoms with Crippen LogP contribution >= 0.6 is 0 Å². The first kappa shape index (κ1) is 16.5. The van der Waals surface area contributed by atoms with Crippen molar-refractivity contribution in [2.45, 2.75) is 38.5 Å². The Morgan fingerprint density at radius 2 is 1.91 bits per heavy atom. The maximum atomic E-state index is 14.0. The van der Waals surface area contributed by atoms with E-state index in [1.807, 2.05) is 0 Å². The van der Waals surface area contributed by atoms with Gasteiger partial charge in [-0.25, -0.2) is 13.2 Å². The molecule has 1 aromatic carbocycles. The number of esters is 1. The molecule has 2 rings (SSSR count). The molecule has 0 N–H and O–H groups in total. The molecule has 2 atom stereocenters. The van der Waals surface area contributed by atoms with Crippen molar-refractivity contribution < 1.29 is 27.5 Å². The minimum absolute atomic E-state index is 0.0390. The lowest BCUT2D eigenvalue weighted by atomic mass is 9.73. The summed E-state index contributed by atoms with van der Waals surface area (Å²) in [4.78, 5) is 23.8. The number of ketones is 1. The first-order chi connectivity index (χ1) is 10.4. The Balaban J connectivity index is 2.32. The molecule has 120 valence electrons. The van der Waals surface area contributed by atoms with E-state index in [1.54, 1.807) is 6.92 Å². The van der Waals surface area contributed by atoms with Crippen molar-refractivity contribution in [1.82, 2.24) is 0 Å². The number of ether oxygens (including phenoxy) is 1. The Hall–Kier alpha value is -1.85. The highest BCUT2D eigenvalue weighted by Gasteiger charge is 2.36. The van der Waals surface area contributed by atoms with Crippen LogP contribution in [0.3, 0.4) is 0 Å². The molecular formula is C16H17F3O3. The first-order valence-corrected chi connectivity index (χ1v) is 7.26. The second-order valence-electron chi connectivity index (χ2n) is 5.39. The van der Waals surface area contributed by atoms with Crippen LogP contribution in [0.4, 0.5) is 13.2 Å². The van der Waals surface area contributed by atoms with Gasteiger partial charge in [0.15, 0.2) is 11.6 Å². The molecule has 0 saturated heterocycles. The SMILES string of the molecule is CCOC(=O)C[C@H]1CCCC(=O)[C@@H]1c1cc(F)c(F)cc1F. The van der Waals surface area contributed by atoms with Crippen LogP contribution in [0.1, 0.15) is 44.1 Å². The highest BCUT2D eigenvalue weighted by atomic mass is 19.2. The van der Waals surface area contributed by atoms with Crippen LogP contribution in [-0.4, -0.2) is 18.4 Å². The summed E-state index contributed by atoms with van der Waals surface area (Å²) in [6.07, 6.45) is 1.32. The van der Waals surface area contributed by atoms with E-state index >= 15 is 0 Å². The molecule has 1 aliphatic rings. The van der Waals surface area contributed by atoms with Gasteiger partial charge in [0.25, 0.3) is 0 Å². The van der Waals surface area contributed by atoms with Gasteiger partial charge in [-0.05, 0) is 31.7 Å². The summed E-state index contributed by atoms with van der Waals surface area (Å²) >= 11 is 0. The molecule has 0 aromatic heterocycles. The maximum Gasteiger partial charge on any atom is 0.306 e. The minimum Gasteiger partial charge on any atom is -0.466 e. The molecule has 0 heterocycles. The Morgan fingerprint density at radius 3 is 2.59 bits per heavy atom. The van der Waals surface area contributed by atoms with Crippen molar-refractivity contribution in [2.75, 3.05) is 6.61 Å². The molecule has 3 nitrogen and oxygen atoms in total. The summed E-state index contributed by atoms with van der Waals surface area (Å²) in [5.41, 5.74) is -0.183. The largest absolute Gasteiger partial charge is 0.466 e. The van der Waals surface area contributed by atoms with Crippen LogP contribution in [0.5, 0.6) is 0 Å². The van der Waals surface area contributed by atoms with E-state index in [9.17, 15) is 22.8 Å². The van der Waals surface area contributed by atoms with Gasteiger partial charge < -0.3 is 4.74 Å². The van der Waals surface area contributed by atoms with Gasteiger partial charge in [0.05, 0.1) is 6.61 Å². The maximum absolute atomic E-state index is 14.0. The van der Waals surface area contributed by atoms with Crippen molar-refractivity contribution in [3.8, 4) is 0 Å². The van der Waals surface area contributed by atoms with Crippen molar-refractivity contribution in [2.24, 2.45) is 5.92 Å². The highest BCUT2D eigenvalue weighted by molar-refractivity contribution is 5.87. The molecule has 0 spiro atoms. The number of hydrogen-bond acceptors (Lipinski definition) is 3. The number of carbonyl (C=O) groups excluding carboxylic acids is 2. The highest BCUT2D eigenvalue weighted by Crippen LogP contribution is 2.39. The normalized spacial score (nSPS) is 21.7. The molecule has 0 radical (unpaired) electrons. The monoisotopic (exact) mass is 314 g/mol. The van der Waals surface area contributed by atoms with E-state index in [1.165, 1.54) is 0 Å². The summed E-state index contributed by atoms with van der Waals surface area (Å²) < 4.78 is 45.3. The van der Waals surface area contributed by atoms with Crippen molar-refractivity contribution in [1.29, 1.82) is 0 Å². The van der Waals surface area contributed by atoms with Gasteiger partial charge in [-0.3, -0.25) is 9.59 Å². The van der Waals surface area contributed by atoms with E-state index in [4.69, 9.17) is 4.74 Å². The molecule has 0 aliphatic heterocycles. The molecule has 1 aromatic rings.